The topological polar surface area (TPSA) is 57.7 Å². The van der Waals surface area contributed by atoms with Gasteiger partial charge in [0.05, 0.1) is 10.6 Å². The minimum Gasteiger partial charge on any atom is -0.338 e. The van der Waals surface area contributed by atoms with E-state index < -0.39 is 10.0 Å². The van der Waals surface area contributed by atoms with Gasteiger partial charge in [-0.25, -0.2) is 8.42 Å². The van der Waals surface area contributed by atoms with Crippen molar-refractivity contribution in [1.29, 1.82) is 0 Å². The summed E-state index contributed by atoms with van der Waals surface area (Å²) in [6.45, 7) is 7.67. The first-order chi connectivity index (χ1) is 13.8. The Morgan fingerprint density at radius 1 is 0.966 bits per heavy atom. The number of hydrogen-bond donors (Lipinski definition) is 0. The molecule has 4 rings (SSSR count). The molecule has 0 aliphatic carbocycles. The summed E-state index contributed by atoms with van der Waals surface area (Å²) in [6.07, 6.45) is 1.81. The SMILES string of the molecule is C[C@@H]1C[C@@H](C)CN(C(=O)c2cccc(S(=O)(=O)N3c4ccccc4C[C@@H]3C)c2)C1. The lowest BCUT2D eigenvalue weighted by Crippen LogP contribution is -2.42. The molecule has 1 amide bonds. The summed E-state index contributed by atoms with van der Waals surface area (Å²) in [4.78, 5) is 15.1. The average molecular weight is 413 g/mol. The van der Waals surface area contributed by atoms with Crippen LogP contribution in [0, 0.1) is 11.8 Å². The highest BCUT2D eigenvalue weighted by Crippen LogP contribution is 2.36. The van der Waals surface area contributed by atoms with E-state index in [-0.39, 0.29) is 16.8 Å². The monoisotopic (exact) mass is 412 g/mol. The van der Waals surface area contributed by atoms with Gasteiger partial charge in [-0.15, -0.1) is 0 Å². The van der Waals surface area contributed by atoms with Gasteiger partial charge in [0.2, 0.25) is 0 Å². The number of benzene rings is 2. The van der Waals surface area contributed by atoms with Gasteiger partial charge < -0.3 is 4.90 Å². The first kappa shape index (κ1) is 20.0. The van der Waals surface area contributed by atoms with Crippen molar-refractivity contribution in [3.8, 4) is 0 Å². The molecular formula is C23H28N2O3S. The summed E-state index contributed by atoms with van der Waals surface area (Å²) in [5.41, 5.74) is 2.20. The van der Waals surface area contributed by atoms with Gasteiger partial charge in [0.1, 0.15) is 0 Å². The minimum absolute atomic E-state index is 0.0877. The molecule has 6 heteroatoms. The predicted molar refractivity (Wildman–Crippen MR) is 115 cm³/mol. The van der Waals surface area contributed by atoms with E-state index in [9.17, 15) is 13.2 Å². The Morgan fingerprint density at radius 2 is 1.66 bits per heavy atom. The summed E-state index contributed by atoms with van der Waals surface area (Å²) < 4.78 is 28.4. The number of carbonyl (C=O) groups excluding carboxylic acids is 1. The number of anilines is 1. The maximum absolute atomic E-state index is 13.5. The first-order valence-electron chi connectivity index (χ1n) is 10.3. The number of hydrogen-bond acceptors (Lipinski definition) is 3. The van der Waals surface area contributed by atoms with E-state index in [1.54, 1.807) is 18.2 Å². The Balaban J connectivity index is 1.66. The molecule has 2 aliphatic heterocycles. The average Bonchev–Trinajstić information content (AvgIpc) is 3.03. The Labute approximate surface area is 173 Å². The van der Waals surface area contributed by atoms with Crippen molar-refractivity contribution in [2.75, 3.05) is 17.4 Å². The van der Waals surface area contributed by atoms with Crippen LogP contribution in [0.3, 0.4) is 0 Å². The molecule has 2 aromatic rings. The molecule has 0 aromatic heterocycles. The third-order valence-corrected chi connectivity index (χ3v) is 7.86. The van der Waals surface area contributed by atoms with Gasteiger partial charge >= 0.3 is 0 Å². The van der Waals surface area contributed by atoms with E-state index in [0.717, 1.165) is 30.8 Å². The van der Waals surface area contributed by atoms with Gasteiger partial charge in [-0.2, -0.15) is 0 Å². The Morgan fingerprint density at radius 3 is 2.38 bits per heavy atom. The maximum atomic E-state index is 13.5. The van der Waals surface area contributed by atoms with Crippen molar-refractivity contribution < 1.29 is 13.2 Å². The lowest BCUT2D eigenvalue weighted by atomic mass is 9.91. The van der Waals surface area contributed by atoms with E-state index in [2.05, 4.69) is 13.8 Å². The van der Waals surface area contributed by atoms with Crippen LogP contribution in [0.5, 0.6) is 0 Å². The van der Waals surface area contributed by atoms with Crippen LogP contribution in [-0.2, 0) is 16.4 Å². The molecule has 0 radical (unpaired) electrons. The lowest BCUT2D eigenvalue weighted by molar-refractivity contribution is 0.0623. The van der Waals surface area contributed by atoms with E-state index >= 15 is 0 Å². The van der Waals surface area contributed by atoms with Crippen LogP contribution in [0.4, 0.5) is 5.69 Å². The number of sulfonamides is 1. The molecule has 2 aromatic carbocycles. The smallest absolute Gasteiger partial charge is 0.264 e. The zero-order valence-electron chi connectivity index (χ0n) is 17.2. The number of nitrogens with zero attached hydrogens (tertiary/aromatic N) is 2. The minimum atomic E-state index is -3.75. The van der Waals surface area contributed by atoms with Gasteiger partial charge in [-0.1, -0.05) is 38.1 Å². The molecule has 0 N–H and O–H groups in total. The fourth-order valence-corrected chi connectivity index (χ4v) is 6.56. The molecule has 2 heterocycles. The van der Waals surface area contributed by atoms with Crippen molar-refractivity contribution >= 4 is 21.6 Å². The van der Waals surface area contributed by atoms with E-state index in [4.69, 9.17) is 0 Å². The van der Waals surface area contributed by atoms with Crippen molar-refractivity contribution in [2.45, 2.75) is 44.6 Å². The molecule has 0 spiro atoms. The van der Waals surface area contributed by atoms with Gasteiger partial charge in [0, 0.05) is 24.7 Å². The number of fused-ring (bicyclic) bond motifs is 1. The summed E-state index contributed by atoms with van der Waals surface area (Å²) in [6, 6.07) is 14.0. The number of para-hydroxylation sites is 1. The molecule has 29 heavy (non-hydrogen) atoms. The number of rotatable bonds is 3. The second-order valence-corrected chi connectivity index (χ2v) is 10.5. The fourth-order valence-electron chi connectivity index (χ4n) is 4.82. The maximum Gasteiger partial charge on any atom is 0.264 e. The van der Waals surface area contributed by atoms with Crippen LogP contribution < -0.4 is 4.31 Å². The van der Waals surface area contributed by atoms with Crippen LogP contribution in [0.25, 0.3) is 0 Å². The third-order valence-electron chi connectivity index (χ3n) is 5.94. The summed E-state index contributed by atoms with van der Waals surface area (Å²) in [7, 11) is -3.75. The molecule has 3 atom stereocenters. The highest BCUT2D eigenvalue weighted by atomic mass is 32.2. The van der Waals surface area contributed by atoms with Crippen LogP contribution in [0.1, 0.15) is 43.1 Å². The van der Waals surface area contributed by atoms with Gasteiger partial charge in [-0.3, -0.25) is 9.10 Å². The number of piperidine rings is 1. The summed E-state index contributed by atoms with van der Waals surface area (Å²) >= 11 is 0. The zero-order chi connectivity index (χ0) is 20.8. The molecule has 2 aliphatic rings. The molecular weight excluding hydrogens is 384 g/mol. The molecule has 154 valence electrons. The van der Waals surface area contributed by atoms with E-state index in [1.807, 2.05) is 36.1 Å². The van der Waals surface area contributed by atoms with Crippen LogP contribution in [0.15, 0.2) is 53.4 Å². The van der Waals surface area contributed by atoms with E-state index in [1.165, 1.54) is 10.4 Å². The summed E-state index contributed by atoms with van der Waals surface area (Å²) in [5, 5.41) is 0. The van der Waals surface area contributed by atoms with E-state index in [0.29, 0.717) is 23.8 Å². The highest BCUT2D eigenvalue weighted by Gasteiger charge is 2.36. The normalized spacial score (nSPS) is 24.4. The second kappa shape index (κ2) is 7.48. The molecule has 0 unspecified atom stereocenters. The Hall–Kier alpha value is -2.34. The number of carbonyl (C=O) groups is 1. The quantitative estimate of drug-likeness (QED) is 0.767. The largest absolute Gasteiger partial charge is 0.338 e. The van der Waals surface area contributed by atoms with Crippen LogP contribution in [0.2, 0.25) is 0 Å². The summed E-state index contributed by atoms with van der Waals surface area (Å²) in [5.74, 6) is 0.823. The first-order valence-corrected chi connectivity index (χ1v) is 11.7. The van der Waals surface area contributed by atoms with Gasteiger partial charge in [-0.05, 0) is 61.4 Å². The number of amides is 1. The highest BCUT2D eigenvalue weighted by molar-refractivity contribution is 7.92. The molecule has 1 saturated heterocycles. The van der Waals surface area contributed by atoms with Crippen LogP contribution in [-0.4, -0.2) is 38.4 Å². The molecule has 5 nitrogen and oxygen atoms in total. The van der Waals surface area contributed by atoms with Crippen molar-refractivity contribution in [2.24, 2.45) is 11.8 Å². The van der Waals surface area contributed by atoms with Crippen molar-refractivity contribution in [1.82, 2.24) is 4.90 Å². The van der Waals surface area contributed by atoms with Crippen molar-refractivity contribution in [3.05, 3.63) is 59.7 Å². The zero-order valence-corrected chi connectivity index (χ0v) is 18.0. The number of likely N-dealkylation sites (tertiary alicyclic amines) is 1. The van der Waals surface area contributed by atoms with Crippen LogP contribution >= 0.6 is 0 Å². The molecule has 0 saturated carbocycles. The second-order valence-electron chi connectivity index (χ2n) is 8.67. The van der Waals surface area contributed by atoms with Crippen molar-refractivity contribution in [3.63, 3.8) is 0 Å². The molecule has 0 bridgehead atoms. The standard InChI is InChI=1S/C23H28N2O3S/c1-16-11-17(2)15-24(14-16)23(26)20-8-6-9-21(13-20)29(27,28)25-18(3)12-19-7-4-5-10-22(19)25/h4-10,13,16-18H,11-12,14-15H2,1-3H3/t16-,17-,18+/m1/s1. The van der Waals surface area contributed by atoms with Gasteiger partial charge in [0.15, 0.2) is 0 Å². The Kier molecular flexibility index (Phi) is 5.15. The third kappa shape index (κ3) is 3.66. The van der Waals surface area contributed by atoms with Gasteiger partial charge in [0.25, 0.3) is 15.9 Å². The lowest BCUT2D eigenvalue weighted by Gasteiger charge is -2.35. The predicted octanol–water partition coefficient (Wildman–Crippen LogP) is 3.94. The fraction of sp³-hybridized carbons (Fsp3) is 0.435. The molecule has 1 fully saturated rings. The Bertz CT molecular complexity index is 1020.